The Morgan fingerprint density at radius 1 is 1.00 bits per heavy atom. The van der Waals surface area contributed by atoms with Gasteiger partial charge in [0.05, 0.1) is 25.2 Å². The lowest BCUT2D eigenvalue weighted by atomic mass is 9.85. The number of nitrogens with two attached hydrogens (primary N) is 1. The normalized spacial score (nSPS) is 33.8. The van der Waals surface area contributed by atoms with Crippen molar-refractivity contribution in [2.24, 2.45) is 5.92 Å². The van der Waals surface area contributed by atoms with Crippen LogP contribution in [0.4, 0.5) is 0 Å². The molecule has 1 aliphatic carbocycles. The molecule has 1 heterocycles. The largest absolute Gasteiger partial charge is 0.341 e. The van der Waals surface area contributed by atoms with Crippen LogP contribution in [-0.2, 0) is 6.54 Å². The van der Waals surface area contributed by atoms with Crippen LogP contribution in [0, 0.1) is 5.92 Å². The highest BCUT2D eigenvalue weighted by Crippen LogP contribution is 2.21. The van der Waals surface area contributed by atoms with Crippen molar-refractivity contribution in [3.63, 3.8) is 0 Å². The Morgan fingerprint density at radius 2 is 1.71 bits per heavy atom. The molecule has 2 fully saturated rings. The molecule has 2 aliphatic rings. The molecule has 0 amide bonds. The number of benzene rings is 1. The van der Waals surface area contributed by atoms with E-state index in [1.54, 1.807) is 4.90 Å². The van der Waals surface area contributed by atoms with E-state index in [0.717, 1.165) is 18.0 Å². The van der Waals surface area contributed by atoms with Crippen LogP contribution in [0.25, 0.3) is 0 Å². The molecule has 0 aromatic heterocycles. The van der Waals surface area contributed by atoms with Gasteiger partial charge in [-0.25, -0.2) is 0 Å². The third-order valence-corrected chi connectivity index (χ3v) is 5.73. The van der Waals surface area contributed by atoms with Gasteiger partial charge in [-0.2, -0.15) is 0 Å². The maximum absolute atomic E-state index is 2.75. The standard InChI is InChI=1S/C19H30N2/c1-16-7-5-6-10-19(16)20-18-11-13-21(14-12-18)15-17-8-3-2-4-9-17/h2-4,8-9,16,18-20H,5-7,10-15H2,1H3/p+2/t16-,19-/m0/s1. The van der Waals surface area contributed by atoms with E-state index in [0.29, 0.717) is 0 Å². The second-order valence-corrected chi connectivity index (χ2v) is 7.37. The van der Waals surface area contributed by atoms with Gasteiger partial charge in [0.25, 0.3) is 0 Å². The summed E-state index contributed by atoms with van der Waals surface area (Å²) in [5.74, 6) is 0.938. The SMILES string of the molecule is C[C@H]1CCCC[C@@H]1[NH2+]C1CC[NH+](Cc2ccccc2)CC1. The highest BCUT2D eigenvalue weighted by molar-refractivity contribution is 5.13. The van der Waals surface area contributed by atoms with Gasteiger partial charge in [-0.1, -0.05) is 43.7 Å². The average molecular weight is 288 g/mol. The van der Waals surface area contributed by atoms with E-state index in [4.69, 9.17) is 0 Å². The summed E-state index contributed by atoms with van der Waals surface area (Å²) >= 11 is 0. The summed E-state index contributed by atoms with van der Waals surface area (Å²) in [7, 11) is 0. The smallest absolute Gasteiger partial charge is 0.103 e. The molecule has 3 N–H and O–H groups in total. The molecule has 21 heavy (non-hydrogen) atoms. The van der Waals surface area contributed by atoms with Crippen molar-refractivity contribution in [2.75, 3.05) is 13.1 Å². The Balaban J connectivity index is 1.42. The lowest BCUT2D eigenvalue weighted by molar-refractivity contribution is -0.927. The van der Waals surface area contributed by atoms with E-state index in [2.05, 4.69) is 42.6 Å². The fourth-order valence-electron chi connectivity index (χ4n) is 4.28. The van der Waals surface area contributed by atoms with Crippen LogP contribution in [0.1, 0.15) is 51.0 Å². The van der Waals surface area contributed by atoms with E-state index >= 15 is 0 Å². The van der Waals surface area contributed by atoms with Gasteiger partial charge in [0, 0.05) is 24.3 Å². The minimum atomic E-state index is 0.898. The molecular weight excluding hydrogens is 256 g/mol. The predicted molar refractivity (Wildman–Crippen MR) is 87.2 cm³/mol. The fourth-order valence-corrected chi connectivity index (χ4v) is 4.28. The minimum Gasteiger partial charge on any atom is -0.341 e. The van der Waals surface area contributed by atoms with Crippen molar-refractivity contribution in [3.05, 3.63) is 35.9 Å². The Bertz CT molecular complexity index is 409. The maximum Gasteiger partial charge on any atom is 0.103 e. The van der Waals surface area contributed by atoms with Gasteiger partial charge in [0.15, 0.2) is 0 Å². The molecule has 1 saturated carbocycles. The van der Waals surface area contributed by atoms with Gasteiger partial charge in [-0.15, -0.1) is 0 Å². The number of rotatable bonds is 4. The van der Waals surface area contributed by atoms with Gasteiger partial charge in [0.1, 0.15) is 6.54 Å². The first-order valence-corrected chi connectivity index (χ1v) is 9.04. The number of quaternary nitrogens is 2. The highest BCUT2D eigenvalue weighted by atomic mass is 15.1. The number of likely N-dealkylation sites (tertiary alicyclic amines) is 1. The zero-order valence-corrected chi connectivity index (χ0v) is 13.6. The third-order valence-electron chi connectivity index (χ3n) is 5.73. The Morgan fingerprint density at radius 3 is 2.43 bits per heavy atom. The molecule has 0 radical (unpaired) electrons. The van der Waals surface area contributed by atoms with Crippen molar-refractivity contribution in [3.8, 4) is 0 Å². The van der Waals surface area contributed by atoms with Crippen molar-refractivity contribution in [1.82, 2.24) is 0 Å². The molecule has 0 unspecified atom stereocenters. The Hall–Kier alpha value is -0.860. The van der Waals surface area contributed by atoms with Crippen LogP contribution in [0.5, 0.6) is 0 Å². The third kappa shape index (κ3) is 4.31. The van der Waals surface area contributed by atoms with Crippen molar-refractivity contribution in [1.29, 1.82) is 0 Å². The first-order valence-electron chi connectivity index (χ1n) is 9.04. The second-order valence-electron chi connectivity index (χ2n) is 7.37. The summed E-state index contributed by atoms with van der Waals surface area (Å²) in [6, 6.07) is 12.8. The molecule has 2 heteroatoms. The highest BCUT2D eigenvalue weighted by Gasteiger charge is 2.30. The van der Waals surface area contributed by atoms with Gasteiger partial charge < -0.3 is 10.2 Å². The lowest BCUT2D eigenvalue weighted by Crippen LogP contribution is -3.14. The average Bonchev–Trinajstić information content (AvgIpc) is 2.52. The Labute approximate surface area is 129 Å². The molecule has 0 spiro atoms. The van der Waals surface area contributed by atoms with Gasteiger partial charge >= 0.3 is 0 Å². The molecule has 2 nitrogen and oxygen atoms in total. The van der Waals surface area contributed by atoms with Crippen molar-refractivity contribution >= 4 is 0 Å². The van der Waals surface area contributed by atoms with Gasteiger partial charge in [-0.05, 0) is 19.3 Å². The number of nitrogens with one attached hydrogen (secondary N) is 1. The van der Waals surface area contributed by atoms with E-state index in [1.807, 2.05) is 0 Å². The van der Waals surface area contributed by atoms with Crippen LogP contribution in [0.2, 0.25) is 0 Å². The van der Waals surface area contributed by atoms with E-state index < -0.39 is 0 Å². The van der Waals surface area contributed by atoms with E-state index in [1.165, 1.54) is 63.7 Å². The first kappa shape index (κ1) is 15.1. The zero-order valence-electron chi connectivity index (χ0n) is 13.6. The van der Waals surface area contributed by atoms with E-state index in [9.17, 15) is 0 Å². The number of hydrogen-bond acceptors (Lipinski definition) is 0. The summed E-state index contributed by atoms with van der Waals surface area (Å²) in [6.45, 7) is 6.40. The summed E-state index contributed by atoms with van der Waals surface area (Å²) in [6.07, 6.45) is 8.66. The summed E-state index contributed by atoms with van der Waals surface area (Å²) in [5.41, 5.74) is 1.50. The minimum absolute atomic E-state index is 0.898. The molecule has 1 aromatic rings. The molecule has 0 bridgehead atoms. The quantitative estimate of drug-likeness (QED) is 0.835. The second kappa shape index (κ2) is 7.42. The summed E-state index contributed by atoms with van der Waals surface area (Å²) < 4.78 is 0. The molecule has 1 saturated heterocycles. The topological polar surface area (TPSA) is 21.1 Å². The van der Waals surface area contributed by atoms with E-state index in [-0.39, 0.29) is 0 Å². The fraction of sp³-hybridized carbons (Fsp3) is 0.684. The zero-order chi connectivity index (χ0) is 14.5. The predicted octanol–water partition coefficient (Wildman–Crippen LogP) is 1.38. The molecule has 2 atom stereocenters. The number of piperidine rings is 1. The van der Waals surface area contributed by atoms with Crippen LogP contribution in [0.15, 0.2) is 30.3 Å². The number of hydrogen-bond donors (Lipinski definition) is 2. The summed E-state index contributed by atoms with van der Waals surface area (Å²) in [5, 5.41) is 2.75. The molecule has 3 rings (SSSR count). The van der Waals surface area contributed by atoms with Crippen LogP contribution in [-0.4, -0.2) is 25.2 Å². The van der Waals surface area contributed by atoms with Crippen molar-refractivity contribution in [2.45, 2.75) is 64.1 Å². The molecule has 1 aromatic carbocycles. The Kier molecular flexibility index (Phi) is 5.32. The maximum atomic E-state index is 2.75. The monoisotopic (exact) mass is 288 g/mol. The lowest BCUT2D eigenvalue weighted by Gasteiger charge is -2.33. The van der Waals surface area contributed by atoms with Crippen LogP contribution in [0.3, 0.4) is 0 Å². The van der Waals surface area contributed by atoms with Crippen LogP contribution < -0.4 is 10.2 Å². The first-order chi connectivity index (χ1) is 10.3. The molecule has 1 aliphatic heterocycles. The molecular formula is C19H32N2+2. The molecule has 116 valence electrons. The summed E-state index contributed by atoms with van der Waals surface area (Å²) in [4.78, 5) is 1.78. The van der Waals surface area contributed by atoms with Gasteiger partial charge in [0.2, 0.25) is 0 Å². The van der Waals surface area contributed by atoms with Crippen molar-refractivity contribution < 1.29 is 10.2 Å². The van der Waals surface area contributed by atoms with Crippen LogP contribution >= 0.6 is 0 Å². The van der Waals surface area contributed by atoms with Gasteiger partial charge in [-0.3, -0.25) is 0 Å².